The lowest BCUT2D eigenvalue weighted by Crippen LogP contribution is -2.60. The molecular formula is C17H20BF4NO4. The molecule has 5 nitrogen and oxygen atoms in total. The van der Waals surface area contributed by atoms with Gasteiger partial charge in [-0.2, -0.15) is 13.2 Å². The number of hydrogen-bond donors (Lipinski definition) is 1. The first kappa shape index (κ1) is 19.9. The van der Waals surface area contributed by atoms with Crippen molar-refractivity contribution < 1.29 is 36.8 Å². The quantitative estimate of drug-likeness (QED) is 0.624. The molecule has 1 aromatic rings. The SMILES string of the molecule is CC1(C)OB(c2ccc(C(F)(F)F)cc2C2(F)CN(C(=O)O)C2)OC1(C)C. The highest BCUT2D eigenvalue weighted by atomic mass is 19.4. The van der Waals surface area contributed by atoms with Gasteiger partial charge in [-0.25, -0.2) is 9.18 Å². The van der Waals surface area contributed by atoms with Gasteiger partial charge in [0.25, 0.3) is 0 Å². The van der Waals surface area contributed by atoms with Gasteiger partial charge in [0.05, 0.1) is 29.9 Å². The van der Waals surface area contributed by atoms with Gasteiger partial charge in [-0.05, 0) is 44.8 Å². The van der Waals surface area contributed by atoms with Gasteiger partial charge < -0.3 is 19.3 Å². The molecule has 0 unspecified atom stereocenters. The van der Waals surface area contributed by atoms with Crippen LogP contribution in [-0.2, 0) is 21.2 Å². The zero-order valence-electron chi connectivity index (χ0n) is 15.4. The number of nitrogens with zero attached hydrogens (tertiary/aromatic N) is 1. The molecule has 2 saturated heterocycles. The van der Waals surface area contributed by atoms with Crippen molar-refractivity contribution in [3.8, 4) is 0 Å². The van der Waals surface area contributed by atoms with Crippen LogP contribution in [0, 0.1) is 0 Å². The zero-order chi connectivity index (χ0) is 20.4. The van der Waals surface area contributed by atoms with E-state index in [1.54, 1.807) is 27.7 Å². The van der Waals surface area contributed by atoms with E-state index in [1.807, 2.05) is 0 Å². The van der Waals surface area contributed by atoms with Crippen molar-refractivity contribution in [2.24, 2.45) is 0 Å². The number of rotatable bonds is 2. The van der Waals surface area contributed by atoms with Gasteiger partial charge in [-0.3, -0.25) is 0 Å². The van der Waals surface area contributed by atoms with Crippen molar-refractivity contribution in [1.29, 1.82) is 0 Å². The van der Waals surface area contributed by atoms with Crippen molar-refractivity contribution in [3.05, 3.63) is 29.3 Å². The fourth-order valence-electron chi connectivity index (χ4n) is 3.16. The highest BCUT2D eigenvalue weighted by Crippen LogP contribution is 2.41. The minimum atomic E-state index is -4.66. The van der Waals surface area contributed by atoms with Crippen LogP contribution < -0.4 is 5.46 Å². The largest absolute Gasteiger partial charge is 0.495 e. The van der Waals surface area contributed by atoms with Gasteiger partial charge in [-0.1, -0.05) is 12.1 Å². The van der Waals surface area contributed by atoms with E-state index in [9.17, 15) is 18.0 Å². The first-order chi connectivity index (χ1) is 12.2. The smallest absolute Gasteiger partial charge is 0.465 e. The molecule has 1 N–H and O–H groups in total. The van der Waals surface area contributed by atoms with Crippen molar-refractivity contribution >= 4 is 18.7 Å². The minimum absolute atomic E-state index is 0.134. The Labute approximate surface area is 154 Å². The predicted molar refractivity (Wildman–Crippen MR) is 89.5 cm³/mol. The maximum Gasteiger partial charge on any atom is 0.495 e. The molecule has 0 radical (unpaired) electrons. The number of alkyl halides is 4. The Hall–Kier alpha value is -1.81. The zero-order valence-corrected chi connectivity index (χ0v) is 15.4. The van der Waals surface area contributed by atoms with Crippen molar-refractivity contribution in [2.75, 3.05) is 13.1 Å². The van der Waals surface area contributed by atoms with E-state index >= 15 is 4.39 Å². The van der Waals surface area contributed by atoms with Crippen LogP contribution in [0.5, 0.6) is 0 Å². The number of carboxylic acid groups (broad SMARTS) is 1. The van der Waals surface area contributed by atoms with E-state index in [4.69, 9.17) is 14.4 Å². The molecule has 2 heterocycles. The van der Waals surface area contributed by atoms with E-state index in [2.05, 4.69) is 0 Å². The van der Waals surface area contributed by atoms with E-state index in [0.29, 0.717) is 0 Å². The van der Waals surface area contributed by atoms with Crippen LogP contribution in [0.1, 0.15) is 38.8 Å². The van der Waals surface area contributed by atoms with E-state index in [-0.39, 0.29) is 11.0 Å². The third kappa shape index (κ3) is 3.29. The highest BCUT2D eigenvalue weighted by Gasteiger charge is 2.56. The fourth-order valence-corrected chi connectivity index (χ4v) is 3.16. The molecular weight excluding hydrogens is 369 g/mol. The lowest BCUT2D eigenvalue weighted by molar-refractivity contribution is -0.137. The van der Waals surface area contributed by atoms with Crippen molar-refractivity contribution in [2.45, 2.75) is 50.7 Å². The Bertz CT molecular complexity index is 759. The lowest BCUT2D eigenvalue weighted by Gasteiger charge is -2.44. The fraction of sp³-hybridized carbons (Fsp3) is 0.588. The minimum Gasteiger partial charge on any atom is -0.465 e. The molecule has 0 aromatic heterocycles. The van der Waals surface area contributed by atoms with Crippen molar-refractivity contribution in [3.63, 3.8) is 0 Å². The summed E-state index contributed by atoms with van der Waals surface area (Å²) in [6.07, 6.45) is -5.98. The Kier molecular flexibility index (Phi) is 4.32. The summed E-state index contributed by atoms with van der Waals surface area (Å²) in [5.41, 5.74) is -4.88. The lowest BCUT2D eigenvalue weighted by atomic mass is 9.70. The van der Waals surface area contributed by atoms with Crippen LogP contribution in [0.4, 0.5) is 22.4 Å². The molecule has 0 saturated carbocycles. The van der Waals surface area contributed by atoms with Crippen LogP contribution >= 0.6 is 0 Å². The molecule has 0 bridgehead atoms. The second-order valence-electron chi connectivity index (χ2n) is 7.99. The van der Waals surface area contributed by atoms with Gasteiger partial charge in [0.2, 0.25) is 0 Å². The molecule has 3 rings (SSSR count). The van der Waals surface area contributed by atoms with Gasteiger partial charge in [-0.15, -0.1) is 0 Å². The predicted octanol–water partition coefficient (Wildman–Crippen LogP) is 3.16. The molecule has 27 heavy (non-hydrogen) atoms. The first-order valence-electron chi connectivity index (χ1n) is 8.40. The number of hydrogen-bond acceptors (Lipinski definition) is 3. The van der Waals surface area contributed by atoms with E-state index in [1.165, 1.54) is 0 Å². The third-order valence-electron chi connectivity index (χ3n) is 5.52. The molecule has 0 spiro atoms. The summed E-state index contributed by atoms with van der Waals surface area (Å²) in [6, 6.07) is 2.71. The number of carbonyl (C=O) groups is 1. The Morgan fingerprint density at radius 2 is 1.67 bits per heavy atom. The Morgan fingerprint density at radius 3 is 2.11 bits per heavy atom. The average Bonchev–Trinajstić information content (AvgIpc) is 2.70. The van der Waals surface area contributed by atoms with Crippen LogP contribution in [0.15, 0.2) is 18.2 Å². The summed E-state index contributed by atoms with van der Waals surface area (Å²) < 4.78 is 66.5. The van der Waals surface area contributed by atoms with Gasteiger partial charge in [0.1, 0.15) is 0 Å². The molecule has 0 atom stereocenters. The standard InChI is InChI=1S/C17H20BF4NO4/c1-14(2)15(3,4)27-18(26-14)12-6-5-10(17(20,21)22)7-11(12)16(19)8-23(9-16)13(24)25/h5-7H,8-9H2,1-4H3,(H,24,25). The molecule has 10 heteroatoms. The maximum absolute atomic E-state index is 15.3. The number of likely N-dealkylation sites (tertiary alicyclic amines) is 1. The summed E-state index contributed by atoms with van der Waals surface area (Å²) in [5, 5.41) is 8.94. The highest BCUT2D eigenvalue weighted by molar-refractivity contribution is 6.62. The first-order valence-corrected chi connectivity index (χ1v) is 8.40. The van der Waals surface area contributed by atoms with Crippen LogP contribution in [0.2, 0.25) is 0 Å². The molecule has 148 valence electrons. The third-order valence-corrected chi connectivity index (χ3v) is 5.52. The number of halogens is 4. The molecule has 2 fully saturated rings. The molecule has 2 aliphatic heterocycles. The van der Waals surface area contributed by atoms with Gasteiger partial charge in [0.15, 0.2) is 5.67 Å². The summed E-state index contributed by atoms with van der Waals surface area (Å²) in [5.74, 6) is 0. The normalized spacial score (nSPS) is 23.3. The number of amides is 1. The van der Waals surface area contributed by atoms with Crippen molar-refractivity contribution in [1.82, 2.24) is 4.90 Å². The van der Waals surface area contributed by atoms with Crippen LogP contribution in [-0.4, -0.2) is 47.5 Å². The van der Waals surface area contributed by atoms with E-state index < -0.39 is 54.9 Å². The summed E-state index contributed by atoms with van der Waals surface area (Å²) >= 11 is 0. The summed E-state index contributed by atoms with van der Waals surface area (Å²) in [7, 11) is -1.06. The second-order valence-corrected chi connectivity index (χ2v) is 7.99. The maximum atomic E-state index is 15.3. The summed E-state index contributed by atoms with van der Waals surface area (Å²) in [6.45, 7) is 6.01. The van der Waals surface area contributed by atoms with Gasteiger partial charge >= 0.3 is 19.4 Å². The molecule has 1 amide bonds. The molecule has 2 aliphatic rings. The van der Waals surface area contributed by atoms with Gasteiger partial charge in [0, 0.05) is 0 Å². The Morgan fingerprint density at radius 1 is 1.15 bits per heavy atom. The topological polar surface area (TPSA) is 59.0 Å². The van der Waals surface area contributed by atoms with E-state index in [0.717, 1.165) is 23.1 Å². The van der Waals surface area contributed by atoms with Crippen LogP contribution in [0.3, 0.4) is 0 Å². The molecule has 0 aliphatic carbocycles. The Balaban J connectivity index is 2.04. The second kappa shape index (κ2) is 5.84. The average molecular weight is 389 g/mol. The van der Waals surface area contributed by atoms with Crippen LogP contribution in [0.25, 0.3) is 0 Å². The number of benzene rings is 1. The monoisotopic (exact) mass is 389 g/mol. The molecule has 1 aromatic carbocycles. The summed E-state index contributed by atoms with van der Waals surface area (Å²) in [4.78, 5) is 11.8.